The third kappa shape index (κ3) is 3.08. The van der Waals surface area contributed by atoms with Crippen molar-refractivity contribution in [2.45, 2.75) is 13.2 Å². The van der Waals surface area contributed by atoms with E-state index in [1.807, 2.05) is 30.1 Å². The first-order valence-corrected chi connectivity index (χ1v) is 8.14. The number of furan rings is 1. The highest BCUT2D eigenvalue weighted by molar-refractivity contribution is 5.92. The van der Waals surface area contributed by atoms with Crippen molar-refractivity contribution in [3.05, 3.63) is 48.3 Å². The quantitative estimate of drug-likeness (QED) is 0.776. The largest absolute Gasteiger partial charge is 0.472 e. The molecule has 0 aliphatic carbocycles. The highest BCUT2D eigenvalue weighted by atomic mass is 16.5. The summed E-state index contributed by atoms with van der Waals surface area (Å²) >= 11 is 0. The van der Waals surface area contributed by atoms with Crippen LogP contribution in [-0.2, 0) is 24.9 Å². The van der Waals surface area contributed by atoms with E-state index in [1.165, 1.54) is 0 Å². The van der Waals surface area contributed by atoms with E-state index >= 15 is 0 Å². The molecule has 0 unspecified atom stereocenters. The van der Waals surface area contributed by atoms with Gasteiger partial charge in [-0.1, -0.05) is 5.21 Å². The van der Waals surface area contributed by atoms with Crippen molar-refractivity contribution < 1.29 is 13.9 Å². The minimum absolute atomic E-state index is 0.0883. The van der Waals surface area contributed by atoms with Crippen LogP contribution in [0.3, 0.4) is 0 Å². The van der Waals surface area contributed by atoms with Crippen molar-refractivity contribution in [2.24, 2.45) is 13.0 Å². The Balaban J connectivity index is 1.44. The predicted octanol–water partition coefficient (Wildman–Crippen LogP) is 1.45. The summed E-state index contributed by atoms with van der Waals surface area (Å²) in [6.07, 6.45) is 5.11. The summed E-state index contributed by atoms with van der Waals surface area (Å²) in [6, 6.07) is 5.50. The van der Waals surface area contributed by atoms with Gasteiger partial charge in [-0.25, -0.2) is 4.68 Å². The third-order valence-corrected chi connectivity index (χ3v) is 4.38. The van der Waals surface area contributed by atoms with Crippen LogP contribution in [0.5, 0.6) is 0 Å². The van der Waals surface area contributed by atoms with Crippen LogP contribution in [0.25, 0.3) is 11.3 Å². The predicted molar refractivity (Wildman–Crippen MR) is 88.6 cm³/mol. The van der Waals surface area contributed by atoms with Crippen molar-refractivity contribution in [1.82, 2.24) is 24.9 Å². The lowest BCUT2D eigenvalue weighted by Crippen LogP contribution is -2.33. The molecule has 4 heterocycles. The molecule has 4 rings (SSSR count). The first kappa shape index (κ1) is 15.6. The summed E-state index contributed by atoms with van der Waals surface area (Å²) in [4.78, 5) is 12.2. The molecule has 0 radical (unpaired) electrons. The molecular formula is C17H19N5O3. The summed E-state index contributed by atoms with van der Waals surface area (Å²) in [6.45, 7) is 2.16. The number of carbonyl (C=O) groups is 1. The summed E-state index contributed by atoms with van der Waals surface area (Å²) in [5.41, 5.74) is 3.23. The fraction of sp³-hybridized carbons (Fsp3) is 0.353. The zero-order valence-electron chi connectivity index (χ0n) is 13.9. The molecule has 8 heteroatoms. The van der Waals surface area contributed by atoms with Crippen LogP contribution >= 0.6 is 0 Å². The number of aromatic nitrogens is 4. The van der Waals surface area contributed by atoms with Crippen LogP contribution in [0.15, 0.2) is 41.3 Å². The molecule has 0 saturated heterocycles. The Morgan fingerprint density at radius 1 is 1.44 bits per heavy atom. The molecule has 1 N–H and O–H groups in total. The zero-order valence-corrected chi connectivity index (χ0v) is 13.9. The Kier molecular flexibility index (Phi) is 4.10. The molecule has 1 amide bonds. The number of hydrogen-bond acceptors (Lipinski definition) is 5. The van der Waals surface area contributed by atoms with Crippen molar-refractivity contribution in [1.29, 1.82) is 0 Å². The van der Waals surface area contributed by atoms with E-state index in [-0.39, 0.29) is 11.8 Å². The molecule has 0 bridgehead atoms. The second-order valence-corrected chi connectivity index (χ2v) is 6.17. The van der Waals surface area contributed by atoms with Crippen molar-refractivity contribution >= 4 is 5.91 Å². The molecule has 0 fully saturated rings. The summed E-state index contributed by atoms with van der Waals surface area (Å²) < 4.78 is 14.6. The topological polar surface area (TPSA) is 87.1 Å². The van der Waals surface area contributed by atoms with Gasteiger partial charge < -0.3 is 19.0 Å². The maximum absolute atomic E-state index is 12.2. The number of hydrogen-bond donors (Lipinski definition) is 1. The standard InChI is InChI=1S/C17H19N5O3/c1-21-5-2-3-14(21)17(23)18-7-12-8-22-15(11-25-9-12)16(19-20-22)13-4-6-24-10-13/h2-6,10,12H,7-9,11H2,1H3,(H,18,23)/t12-/m0/s1. The van der Waals surface area contributed by atoms with Crippen LogP contribution < -0.4 is 5.32 Å². The average molecular weight is 341 g/mol. The fourth-order valence-electron chi connectivity index (χ4n) is 3.01. The lowest BCUT2D eigenvalue weighted by molar-refractivity contribution is 0.0847. The minimum Gasteiger partial charge on any atom is -0.472 e. The van der Waals surface area contributed by atoms with E-state index in [4.69, 9.17) is 9.15 Å². The van der Waals surface area contributed by atoms with Crippen LogP contribution in [0.4, 0.5) is 0 Å². The Labute approximate surface area is 144 Å². The van der Waals surface area contributed by atoms with Crippen molar-refractivity contribution in [3.63, 3.8) is 0 Å². The zero-order chi connectivity index (χ0) is 17.2. The number of carbonyl (C=O) groups excluding carboxylic acids is 1. The first-order valence-electron chi connectivity index (χ1n) is 8.14. The van der Waals surface area contributed by atoms with Crippen LogP contribution in [0.1, 0.15) is 16.2 Å². The Hall–Kier alpha value is -2.87. The number of fused-ring (bicyclic) bond motifs is 1. The molecule has 1 aliphatic rings. The molecule has 0 saturated carbocycles. The van der Waals surface area contributed by atoms with Gasteiger partial charge in [-0.3, -0.25) is 4.79 Å². The van der Waals surface area contributed by atoms with Gasteiger partial charge in [0.2, 0.25) is 0 Å². The van der Waals surface area contributed by atoms with Crippen LogP contribution in [0.2, 0.25) is 0 Å². The van der Waals surface area contributed by atoms with Gasteiger partial charge in [-0.05, 0) is 18.2 Å². The maximum atomic E-state index is 12.2. The lowest BCUT2D eigenvalue weighted by atomic mass is 10.1. The smallest absolute Gasteiger partial charge is 0.267 e. The monoisotopic (exact) mass is 341 g/mol. The molecule has 25 heavy (non-hydrogen) atoms. The molecule has 8 nitrogen and oxygen atoms in total. The summed E-state index contributed by atoms with van der Waals surface area (Å²) in [5.74, 6) is 0.0408. The van der Waals surface area contributed by atoms with Gasteiger partial charge >= 0.3 is 0 Å². The van der Waals surface area contributed by atoms with Crippen molar-refractivity contribution in [3.8, 4) is 11.3 Å². The maximum Gasteiger partial charge on any atom is 0.267 e. The summed E-state index contributed by atoms with van der Waals surface area (Å²) in [7, 11) is 1.85. The molecule has 3 aromatic rings. The van der Waals surface area contributed by atoms with E-state index < -0.39 is 0 Å². The highest BCUT2D eigenvalue weighted by Crippen LogP contribution is 2.24. The fourth-order valence-corrected chi connectivity index (χ4v) is 3.01. The Morgan fingerprint density at radius 3 is 3.12 bits per heavy atom. The van der Waals surface area contributed by atoms with E-state index in [9.17, 15) is 4.79 Å². The van der Waals surface area contributed by atoms with Gasteiger partial charge in [-0.15, -0.1) is 5.10 Å². The van der Waals surface area contributed by atoms with Gasteiger partial charge in [0.1, 0.15) is 11.4 Å². The number of ether oxygens (including phenoxy) is 1. The van der Waals surface area contributed by atoms with Gasteiger partial charge in [0.15, 0.2) is 0 Å². The second-order valence-electron chi connectivity index (χ2n) is 6.17. The van der Waals surface area contributed by atoms with Gasteiger partial charge in [-0.2, -0.15) is 0 Å². The SMILES string of the molecule is Cn1cccc1C(=O)NC[C@@H]1COCc2c(-c3ccoc3)nnn2C1. The molecule has 3 aromatic heterocycles. The number of rotatable bonds is 4. The molecule has 130 valence electrons. The number of nitrogens with one attached hydrogen (secondary N) is 1. The van der Waals surface area contributed by atoms with Crippen LogP contribution in [-0.4, -0.2) is 38.6 Å². The second kappa shape index (κ2) is 6.56. The van der Waals surface area contributed by atoms with Gasteiger partial charge in [0.25, 0.3) is 5.91 Å². The summed E-state index contributed by atoms with van der Waals surface area (Å²) in [5, 5.41) is 11.5. The minimum atomic E-state index is -0.0883. The van der Waals surface area contributed by atoms with Gasteiger partial charge in [0.05, 0.1) is 31.4 Å². The number of nitrogens with zero attached hydrogens (tertiary/aromatic N) is 4. The molecule has 0 spiro atoms. The van der Waals surface area contributed by atoms with Gasteiger partial charge in [0, 0.05) is 37.8 Å². The molecule has 1 aliphatic heterocycles. The normalized spacial score (nSPS) is 17.1. The van der Waals surface area contributed by atoms with E-state index in [0.29, 0.717) is 32.0 Å². The molecule has 1 atom stereocenters. The van der Waals surface area contributed by atoms with Crippen molar-refractivity contribution in [2.75, 3.05) is 13.2 Å². The first-order chi connectivity index (χ1) is 12.2. The lowest BCUT2D eigenvalue weighted by Gasteiger charge is -2.15. The molecular weight excluding hydrogens is 322 g/mol. The van der Waals surface area contributed by atoms with E-state index in [0.717, 1.165) is 17.0 Å². The number of amides is 1. The third-order valence-electron chi connectivity index (χ3n) is 4.38. The number of aryl methyl sites for hydroxylation is 1. The molecule has 0 aromatic carbocycles. The van der Waals surface area contributed by atoms with E-state index in [1.54, 1.807) is 23.2 Å². The Morgan fingerprint density at radius 2 is 2.36 bits per heavy atom. The highest BCUT2D eigenvalue weighted by Gasteiger charge is 2.23. The van der Waals surface area contributed by atoms with Crippen LogP contribution in [0, 0.1) is 5.92 Å². The Bertz CT molecular complexity index is 865. The van der Waals surface area contributed by atoms with E-state index in [2.05, 4.69) is 15.6 Å². The average Bonchev–Trinajstić information content (AvgIpc) is 3.32.